The maximum absolute atomic E-state index is 14.1. The second-order valence-electron chi connectivity index (χ2n) is 4.85. The minimum Gasteiger partial charge on any atom is -0.314 e. The number of nitrogens with zero attached hydrogens (tertiary/aromatic N) is 1. The van der Waals surface area contributed by atoms with Crippen LogP contribution < -0.4 is 5.32 Å². The molecule has 5 heteroatoms. The van der Waals surface area contributed by atoms with Gasteiger partial charge >= 0.3 is 0 Å². The quantitative estimate of drug-likeness (QED) is 0.855. The van der Waals surface area contributed by atoms with Gasteiger partial charge in [-0.1, -0.05) is 24.9 Å². The Bertz CT molecular complexity index is 434. The first-order valence-corrected chi connectivity index (χ1v) is 7.11. The Hall–Kier alpha value is -0.710. The second-order valence-corrected chi connectivity index (χ2v) is 5.23. The molecule has 0 aromatic heterocycles. The zero-order valence-electron chi connectivity index (χ0n) is 11.1. The van der Waals surface area contributed by atoms with Gasteiger partial charge in [0.2, 0.25) is 0 Å². The first-order chi connectivity index (χ1) is 9.15. The van der Waals surface area contributed by atoms with Gasteiger partial charge in [-0.05, 0) is 18.6 Å². The van der Waals surface area contributed by atoms with Gasteiger partial charge < -0.3 is 5.32 Å². The Morgan fingerprint density at radius 1 is 1.26 bits per heavy atom. The van der Waals surface area contributed by atoms with E-state index in [2.05, 4.69) is 10.2 Å². The first-order valence-electron chi connectivity index (χ1n) is 6.73. The summed E-state index contributed by atoms with van der Waals surface area (Å²) in [5.41, 5.74) is 0.311. The zero-order chi connectivity index (χ0) is 13.8. The van der Waals surface area contributed by atoms with Crippen molar-refractivity contribution in [2.24, 2.45) is 0 Å². The van der Waals surface area contributed by atoms with Crippen molar-refractivity contribution in [3.8, 4) is 0 Å². The van der Waals surface area contributed by atoms with Gasteiger partial charge in [-0.25, -0.2) is 8.78 Å². The van der Waals surface area contributed by atoms with Crippen LogP contribution in [0.5, 0.6) is 0 Å². The van der Waals surface area contributed by atoms with E-state index in [9.17, 15) is 8.78 Å². The van der Waals surface area contributed by atoms with Crippen LogP contribution in [0.15, 0.2) is 12.1 Å². The fourth-order valence-electron chi connectivity index (χ4n) is 2.62. The third kappa shape index (κ3) is 3.25. The molecule has 1 aliphatic rings. The summed E-state index contributed by atoms with van der Waals surface area (Å²) in [5, 5.41) is 3.19. The molecule has 1 aromatic rings. The van der Waals surface area contributed by atoms with E-state index in [0.717, 1.165) is 45.1 Å². The number of hydrogen-bond acceptors (Lipinski definition) is 2. The summed E-state index contributed by atoms with van der Waals surface area (Å²) < 4.78 is 27.7. The minimum atomic E-state index is -0.547. The van der Waals surface area contributed by atoms with Crippen molar-refractivity contribution in [2.75, 3.05) is 26.2 Å². The summed E-state index contributed by atoms with van der Waals surface area (Å²) in [6.07, 6.45) is 1.68. The third-order valence-electron chi connectivity index (χ3n) is 3.57. The van der Waals surface area contributed by atoms with E-state index in [1.54, 1.807) is 0 Å². The number of nitrogens with one attached hydrogen (secondary N) is 1. The van der Waals surface area contributed by atoms with Crippen LogP contribution in [0.1, 0.15) is 31.4 Å². The molecule has 1 N–H and O–H groups in total. The van der Waals surface area contributed by atoms with Gasteiger partial charge in [-0.15, -0.1) is 0 Å². The van der Waals surface area contributed by atoms with Crippen LogP contribution in [-0.2, 0) is 0 Å². The standard InChI is InChI=1S/C14H19ClF2N2/c1-2-3-12(19-8-6-18-7-9-19)13-10(16)4-5-11(17)14(13)15/h4-5,12,18H,2-3,6-9H2,1H3/t12-/m0/s1. The van der Waals surface area contributed by atoms with Crippen LogP contribution in [-0.4, -0.2) is 31.1 Å². The highest BCUT2D eigenvalue weighted by molar-refractivity contribution is 6.31. The van der Waals surface area contributed by atoms with E-state index < -0.39 is 11.6 Å². The minimum absolute atomic E-state index is 0.0722. The number of benzene rings is 1. The molecular weight excluding hydrogens is 270 g/mol. The molecule has 1 fully saturated rings. The average molecular weight is 289 g/mol. The molecule has 1 aromatic carbocycles. The van der Waals surface area contributed by atoms with Crippen LogP contribution in [0.2, 0.25) is 5.02 Å². The molecule has 106 valence electrons. The average Bonchev–Trinajstić information content (AvgIpc) is 2.43. The van der Waals surface area contributed by atoms with Crippen molar-refractivity contribution in [2.45, 2.75) is 25.8 Å². The fourth-order valence-corrected chi connectivity index (χ4v) is 2.90. The third-order valence-corrected chi connectivity index (χ3v) is 3.95. The lowest BCUT2D eigenvalue weighted by molar-refractivity contribution is 0.161. The molecule has 1 saturated heterocycles. The van der Waals surface area contributed by atoms with E-state index in [1.807, 2.05) is 6.92 Å². The normalized spacial score (nSPS) is 18.5. The van der Waals surface area contributed by atoms with E-state index in [4.69, 9.17) is 11.6 Å². The summed E-state index contributed by atoms with van der Waals surface area (Å²) >= 11 is 5.99. The van der Waals surface area contributed by atoms with Crippen LogP contribution in [0, 0.1) is 11.6 Å². The molecule has 0 unspecified atom stereocenters. The summed E-state index contributed by atoms with van der Waals surface area (Å²) in [6, 6.07) is 2.11. The van der Waals surface area contributed by atoms with Crippen molar-refractivity contribution < 1.29 is 8.78 Å². The topological polar surface area (TPSA) is 15.3 Å². The van der Waals surface area contributed by atoms with E-state index >= 15 is 0 Å². The summed E-state index contributed by atoms with van der Waals surface area (Å²) in [5.74, 6) is -0.960. The molecule has 2 rings (SSSR count). The fraction of sp³-hybridized carbons (Fsp3) is 0.571. The maximum Gasteiger partial charge on any atom is 0.142 e. The molecule has 19 heavy (non-hydrogen) atoms. The van der Waals surface area contributed by atoms with Crippen molar-refractivity contribution in [1.82, 2.24) is 10.2 Å². The van der Waals surface area contributed by atoms with Gasteiger partial charge in [-0.3, -0.25) is 4.90 Å². The molecule has 2 nitrogen and oxygen atoms in total. The predicted octanol–water partition coefficient (Wildman–Crippen LogP) is 3.36. The lowest BCUT2D eigenvalue weighted by Crippen LogP contribution is -2.45. The Balaban J connectivity index is 2.35. The number of hydrogen-bond donors (Lipinski definition) is 1. The second kappa shape index (κ2) is 6.64. The predicted molar refractivity (Wildman–Crippen MR) is 73.5 cm³/mol. The highest BCUT2D eigenvalue weighted by Gasteiger charge is 2.27. The van der Waals surface area contributed by atoms with E-state index in [-0.39, 0.29) is 11.1 Å². The van der Waals surface area contributed by atoms with Gasteiger partial charge in [0.1, 0.15) is 11.6 Å². The monoisotopic (exact) mass is 288 g/mol. The molecular formula is C14H19ClF2N2. The number of piperazine rings is 1. The van der Waals surface area contributed by atoms with Gasteiger partial charge in [0.15, 0.2) is 0 Å². The highest BCUT2D eigenvalue weighted by atomic mass is 35.5. The maximum atomic E-state index is 14.1. The number of rotatable bonds is 4. The molecule has 0 aliphatic carbocycles. The molecule has 1 aliphatic heterocycles. The molecule has 1 heterocycles. The van der Waals surface area contributed by atoms with Crippen molar-refractivity contribution in [1.29, 1.82) is 0 Å². The SMILES string of the molecule is CCC[C@@H](c1c(F)ccc(F)c1Cl)N1CCNCC1. The summed E-state index contributed by atoms with van der Waals surface area (Å²) in [4.78, 5) is 2.18. The Morgan fingerprint density at radius 3 is 2.53 bits per heavy atom. The smallest absolute Gasteiger partial charge is 0.142 e. The summed E-state index contributed by atoms with van der Waals surface area (Å²) in [7, 11) is 0. The van der Waals surface area contributed by atoms with Crippen molar-refractivity contribution in [3.05, 3.63) is 34.4 Å². The molecule has 1 atom stereocenters. The summed E-state index contributed by atoms with van der Waals surface area (Å²) in [6.45, 7) is 5.44. The number of halogens is 3. The Morgan fingerprint density at radius 2 is 1.89 bits per heavy atom. The Kier molecular flexibility index (Phi) is 5.13. The van der Waals surface area contributed by atoms with Gasteiger partial charge in [-0.2, -0.15) is 0 Å². The van der Waals surface area contributed by atoms with Crippen LogP contribution in [0.3, 0.4) is 0 Å². The lowest BCUT2D eigenvalue weighted by atomic mass is 9.99. The Labute approximate surface area is 117 Å². The van der Waals surface area contributed by atoms with Crippen LogP contribution >= 0.6 is 11.6 Å². The van der Waals surface area contributed by atoms with Gasteiger partial charge in [0.05, 0.1) is 5.02 Å². The van der Waals surface area contributed by atoms with Crippen molar-refractivity contribution in [3.63, 3.8) is 0 Å². The van der Waals surface area contributed by atoms with Crippen LogP contribution in [0.4, 0.5) is 8.78 Å². The highest BCUT2D eigenvalue weighted by Crippen LogP contribution is 2.34. The molecule has 0 saturated carbocycles. The van der Waals surface area contributed by atoms with Crippen LogP contribution in [0.25, 0.3) is 0 Å². The molecule has 0 bridgehead atoms. The van der Waals surface area contributed by atoms with Gasteiger partial charge in [0.25, 0.3) is 0 Å². The molecule has 0 amide bonds. The molecule has 0 radical (unpaired) electrons. The van der Waals surface area contributed by atoms with E-state index in [1.165, 1.54) is 6.07 Å². The van der Waals surface area contributed by atoms with E-state index in [0.29, 0.717) is 5.56 Å². The van der Waals surface area contributed by atoms with Crippen molar-refractivity contribution >= 4 is 11.6 Å². The van der Waals surface area contributed by atoms with Gasteiger partial charge in [0, 0.05) is 37.8 Å². The zero-order valence-corrected chi connectivity index (χ0v) is 11.8. The lowest BCUT2D eigenvalue weighted by Gasteiger charge is -2.35. The molecule has 0 spiro atoms. The largest absolute Gasteiger partial charge is 0.314 e. The first kappa shape index (κ1) is 14.7.